The van der Waals surface area contributed by atoms with Gasteiger partial charge >= 0.3 is 0 Å². The van der Waals surface area contributed by atoms with E-state index < -0.39 is 0 Å². The minimum Gasteiger partial charge on any atom is -0.494 e. The van der Waals surface area contributed by atoms with E-state index in [0.29, 0.717) is 29.4 Å². The lowest BCUT2D eigenvalue weighted by atomic mass is 10.1. The summed E-state index contributed by atoms with van der Waals surface area (Å²) in [6.07, 6.45) is 7.16. The average molecular weight is 411 g/mol. The fraction of sp³-hybridized carbons (Fsp3) is 0.333. The molecule has 1 fully saturated rings. The van der Waals surface area contributed by atoms with Gasteiger partial charge in [0.05, 0.1) is 24.4 Å². The van der Waals surface area contributed by atoms with Crippen LogP contribution in [0.5, 0.6) is 5.88 Å². The Morgan fingerprint density at radius 1 is 1.33 bits per heavy atom. The van der Waals surface area contributed by atoms with Gasteiger partial charge < -0.3 is 30.6 Å². The minimum absolute atomic E-state index is 0.0602. The van der Waals surface area contributed by atoms with E-state index in [1.54, 1.807) is 24.3 Å². The van der Waals surface area contributed by atoms with Crippen LogP contribution in [0.3, 0.4) is 0 Å². The predicted molar refractivity (Wildman–Crippen MR) is 113 cm³/mol. The van der Waals surface area contributed by atoms with Crippen molar-refractivity contribution in [3.05, 3.63) is 53.7 Å². The number of aliphatic hydroxyl groups excluding tert-OH is 1. The molecule has 1 unspecified atom stereocenters. The highest BCUT2D eigenvalue weighted by Gasteiger charge is 2.16. The van der Waals surface area contributed by atoms with E-state index in [-0.39, 0.29) is 23.5 Å². The number of nitrogens with zero attached hydrogens (tertiary/aromatic N) is 2. The van der Waals surface area contributed by atoms with Gasteiger partial charge in [0.25, 0.3) is 5.91 Å². The van der Waals surface area contributed by atoms with Crippen molar-refractivity contribution < 1.29 is 19.4 Å². The molecule has 30 heavy (non-hydrogen) atoms. The smallest absolute Gasteiger partial charge is 0.252 e. The first-order chi connectivity index (χ1) is 14.6. The van der Waals surface area contributed by atoms with Crippen LogP contribution in [0.1, 0.15) is 35.2 Å². The Bertz CT molecular complexity index is 908. The second-order valence-electron chi connectivity index (χ2n) is 6.75. The van der Waals surface area contributed by atoms with E-state index in [0.717, 1.165) is 32.1 Å². The van der Waals surface area contributed by atoms with Crippen molar-refractivity contribution in [2.24, 2.45) is 0 Å². The Kier molecular flexibility index (Phi) is 7.34. The molecule has 1 aliphatic heterocycles. The summed E-state index contributed by atoms with van der Waals surface area (Å²) < 4.78 is 10.7. The van der Waals surface area contributed by atoms with Crippen LogP contribution < -0.4 is 15.4 Å². The maximum atomic E-state index is 12.3. The van der Waals surface area contributed by atoms with Crippen molar-refractivity contribution in [3.8, 4) is 5.88 Å². The quantitative estimate of drug-likeness (QED) is 0.388. The zero-order valence-electron chi connectivity index (χ0n) is 16.7. The van der Waals surface area contributed by atoms with Crippen molar-refractivity contribution in [2.75, 3.05) is 25.6 Å². The molecule has 2 aromatic rings. The number of allylic oxidation sites excluding steroid dienone is 1. The van der Waals surface area contributed by atoms with Crippen molar-refractivity contribution in [1.29, 1.82) is 5.41 Å². The lowest BCUT2D eigenvalue weighted by Gasteiger charge is -2.22. The second-order valence-corrected chi connectivity index (χ2v) is 6.75. The van der Waals surface area contributed by atoms with E-state index in [1.807, 2.05) is 0 Å². The first-order valence-corrected chi connectivity index (χ1v) is 9.67. The Hall–Kier alpha value is -3.46. The molecule has 0 radical (unpaired) electrons. The first-order valence-electron chi connectivity index (χ1n) is 9.67. The van der Waals surface area contributed by atoms with Crippen LogP contribution in [-0.2, 0) is 4.74 Å². The monoisotopic (exact) mass is 411 g/mol. The van der Waals surface area contributed by atoms with Gasteiger partial charge in [0.2, 0.25) is 5.88 Å². The van der Waals surface area contributed by atoms with Crippen LogP contribution in [0, 0.1) is 5.41 Å². The molecule has 158 valence electrons. The Morgan fingerprint density at radius 3 is 2.87 bits per heavy atom. The summed E-state index contributed by atoms with van der Waals surface area (Å²) in [6.45, 7) is 1.21. The molecule has 0 aromatic carbocycles. The molecule has 3 rings (SSSR count). The highest BCUT2D eigenvalue weighted by molar-refractivity contribution is 6.09. The van der Waals surface area contributed by atoms with Gasteiger partial charge in [-0.15, -0.1) is 0 Å². The van der Waals surface area contributed by atoms with Gasteiger partial charge in [-0.3, -0.25) is 4.79 Å². The molecule has 9 heteroatoms. The lowest BCUT2D eigenvalue weighted by molar-refractivity contribution is 0.0169. The van der Waals surface area contributed by atoms with Gasteiger partial charge in [0.1, 0.15) is 5.82 Å². The van der Waals surface area contributed by atoms with Crippen LogP contribution in [0.2, 0.25) is 0 Å². The molecule has 0 spiro atoms. The van der Waals surface area contributed by atoms with Crippen molar-refractivity contribution >= 4 is 23.5 Å². The third-order valence-electron chi connectivity index (χ3n) is 4.69. The number of hydrogen-bond acceptors (Lipinski definition) is 8. The number of aromatic nitrogens is 2. The van der Waals surface area contributed by atoms with Crippen molar-refractivity contribution in [2.45, 2.75) is 25.4 Å². The van der Waals surface area contributed by atoms with Crippen LogP contribution in [0.4, 0.5) is 5.82 Å². The number of aliphatic hydroxyl groups is 1. The standard InChI is InChI=1S/C21H25N5O4/c1-29-19-10-14(7-8-23-19)17(11-22)21(28)26-18-6-5-15(12-24-18)20(27)25-13-16-4-2-3-9-30-16/h5-8,10-12,16,22,28H,2-4,9,13H2,1H3,(H,24,26)(H,25,27)/b21-17-,22-11?. The molecule has 0 saturated carbocycles. The molecule has 4 N–H and O–H groups in total. The predicted octanol–water partition coefficient (Wildman–Crippen LogP) is 2.77. The van der Waals surface area contributed by atoms with Gasteiger partial charge in [-0.05, 0) is 43.0 Å². The molecule has 9 nitrogen and oxygen atoms in total. The fourth-order valence-electron chi connectivity index (χ4n) is 3.04. The third kappa shape index (κ3) is 5.54. The van der Waals surface area contributed by atoms with Gasteiger partial charge in [0, 0.05) is 37.8 Å². The van der Waals surface area contributed by atoms with Gasteiger partial charge in [0.15, 0.2) is 5.88 Å². The Balaban J connectivity index is 1.64. The van der Waals surface area contributed by atoms with Crippen molar-refractivity contribution in [1.82, 2.24) is 15.3 Å². The molecule has 1 atom stereocenters. The largest absolute Gasteiger partial charge is 0.494 e. The molecular formula is C21H25N5O4. The number of anilines is 1. The molecule has 3 heterocycles. The molecular weight excluding hydrogens is 386 g/mol. The molecule has 0 bridgehead atoms. The van der Waals surface area contributed by atoms with E-state index in [1.165, 1.54) is 19.5 Å². The summed E-state index contributed by atoms with van der Waals surface area (Å²) in [5, 5.41) is 23.6. The van der Waals surface area contributed by atoms with E-state index in [2.05, 4.69) is 20.6 Å². The minimum atomic E-state index is -0.252. The van der Waals surface area contributed by atoms with Crippen LogP contribution in [0.15, 0.2) is 42.5 Å². The summed E-state index contributed by atoms with van der Waals surface area (Å²) in [6, 6.07) is 6.45. The molecule has 2 aromatic heterocycles. The molecule has 1 aliphatic rings. The van der Waals surface area contributed by atoms with Gasteiger partial charge in [-0.2, -0.15) is 0 Å². The highest BCUT2D eigenvalue weighted by Crippen LogP contribution is 2.20. The molecule has 1 amide bonds. The normalized spacial score (nSPS) is 16.9. The average Bonchev–Trinajstić information content (AvgIpc) is 2.79. The van der Waals surface area contributed by atoms with Crippen LogP contribution >= 0.6 is 0 Å². The zero-order chi connectivity index (χ0) is 21.3. The summed E-state index contributed by atoms with van der Waals surface area (Å²) in [4.78, 5) is 20.5. The number of carbonyl (C=O) groups excluding carboxylic acids is 1. The highest BCUT2D eigenvalue weighted by atomic mass is 16.5. The Morgan fingerprint density at radius 2 is 2.20 bits per heavy atom. The SMILES string of the molecule is COc1cc(/C(C=N)=C(\O)Nc2ccc(C(=O)NCC3CCCCO3)cn2)ccn1. The second kappa shape index (κ2) is 10.4. The van der Waals surface area contributed by atoms with Gasteiger partial charge in [-0.25, -0.2) is 9.97 Å². The summed E-state index contributed by atoms with van der Waals surface area (Å²) in [5.74, 6) is 0.219. The van der Waals surface area contributed by atoms with Gasteiger partial charge in [-0.1, -0.05) is 0 Å². The number of methoxy groups -OCH3 is 1. The number of nitrogens with one attached hydrogen (secondary N) is 3. The molecule has 1 saturated heterocycles. The zero-order valence-corrected chi connectivity index (χ0v) is 16.7. The first kappa shape index (κ1) is 21.3. The van der Waals surface area contributed by atoms with Crippen molar-refractivity contribution in [3.63, 3.8) is 0 Å². The Labute approximate surface area is 174 Å². The molecule has 0 aliphatic carbocycles. The van der Waals surface area contributed by atoms with Crippen LogP contribution in [-0.4, -0.2) is 53.6 Å². The topological polar surface area (TPSA) is 129 Å². The number of rotatable bonds is 8. The summed E-state index contributed by atoms with van der Waals surface area (Å²) in [5.41, 5.74) is 1.21. The number of pyridine rings is 2. The lowest BCUT2D eigenvalue weighted by Crippen LogP contribution is -2.35. The number of amides is 1. The summed E-state index contributed by atoms with van der Waals surface area (Å²) in [7, 11) is 1.49. The summed E-state index contributed by atoms with van der Waals surface area (Å²) >= 11 is 0. The number of carbonyl (C=O) groups is 1. The van der Waals surface area contributed by atoms with E-state index >= 15 is 0 Å². The number of ether oxygens (including phenoxy) is 2. The maximum Gasteiger partial charge on any atom is 0.252 e. The third-order valence-corrected chi connectivity index (χ3v) is 4.69. The maximum absolute atomic E-state index is 12.3. The van der Waals surface area contributed by atoms with E-state index in [4.69, 9.17) is 14.9 Å². The van der Waals surface area contributed by atoms with E-state index in [9.17, 15) is 9.90 Å². The van der Waals surface area contributed by atoms with Crippen LogP contribution in [0.25, 0.3) is 5.57 Å². The number of hydrogen-bond donors (Lipinski definition) is 4. The fourth-order valence-corrected chi connectivity index (χ4v) is 3.04.